The SMILES string of the molecule is Cc1ccc(Nc2nc(COC(=O)c3c4c(nc5ccccc35)CCC4)cs2)cc1. The van der Waals surface area contributed by atoms with Gasteiger partial charge in [0.25, 0.3) is 0 Å². The van der Waals surface area contributed by atoms with E-state index in [2.05, 4.69) is 29.4 Å². The molecule has 6 heteroatoms. The van der Waals surface area contributed by atoms with E-state index in [9.17, 15) is 4.79 Å². The second-order valence-electron chi connectivity index (χ2n) is 7.49. The van der Waals surface area contributed by atoms with Gasteiger partial charge >= 0.3 is 5.97 Å². The van der Waals surface area contributed by atoms with Crippen molar-refractivity contribution in [2.24, 2.45) is 0 Å². The second-order valence-corrected chi connectivity index (χ2v) is 8.35. The number of hydrogen-bond donors (Lipinski definition) is 1. The summed E-state index contributed by atoms with van der Waals surface area (Å²) < 4.78 is 5.68. The van der Waals surface area contributed by atoms with Crippen LogP contribution in [-0.2, 0) is 24.2 Å². The van der Waals surface area contributed by atoms with Crippen molar-refractivity contribution in [3.05, 3.63) is 82.0 Å². The molecule has 1 aliphatic carbocycles. The van der Waals surface area contributed by atoms with Crippen molar-refractivity contribution >= 4 is 39.0 Å². The highest BCUT2D eigenvalue weighted by molar-refractivity contribution is 7.13. The van der Waals surface area contributed by atoms with Crippen LogP contribution in [0.25, 0.3) is 10.9 Å². The number of benzene rings is 2. The molecule has 0 spiro atoms. The first-order valence-corrected chi connectivity index (χ1v) is 10.9. The van der Waals surface area contributed by atoms with Crippen molar-refractivity contribution in [1.29, 1.82) is 0 Å². The summed E-state index contributed by atoms with van der Waals surface area (Å²) >= 11 is 1.50. The second kappa shape index (κ2) is 7.88. The molecule has 0 bridgehead atoms. The first-order chi connectivity index (χ1) is 14.7. The van der Waals surface area contributed by atoms with Gasteiger partial charge in [-0.3, -0.25) is 4.98 Å². The van der Waals surface area contributed by atoms with E-state index in [1.165, 1.54) is 16.9 Å². The summed E-state index contributed by atoms with van der Waals surface area (Å²) in [5.41, 5.74) is 6.51. The fraction of sp³-hybridized carbons (Fsp3) is 0.208. The highest BCUT2D eigenvalue weighted by Crippen LogP contribution is 2.31. The number of ether oxygens (including phenoxy) is 1. The molecule has 1 aliphatic rings. The van der Waals surface area contributed by atoms with E-state index in [-0.39, 0.29) is 12.6 Å². The number of hydrogen-bond acceptors (Lipinski definition) is 6. The van der Waals surface area contributed by atoms with Gasteiger partial charge in [0.15, 0.2) is 5.13 Å². The molecule has 0 saturated heterocycles. The molecule has 0 amide bonds. The minimum atomic E-state index is -0.298. The Morgan fingerprint density at radius 3 is 2.80 bits per heavy atom. The van der Waals surface area contributed by atoms with Crippen LogP contribution in [0.5, 0.6) is 0 Å². The lowest BCUT2D eigenvalue weighted by Crippen LogP contribution is -2.10. The maximum absolute atomic E-state index is 13.0. The van der Waals surface area contributed by atoms with Gasteiger partial charge in [-0.2, -0.15) is 0 Å². The molecule has 30 heavy (non-hydrogen) atoms. The van der Waals surface area contributed by atoms with Gasteiger partial charge in [-0.25, -0.2) is 9.78 Å². The van der Waals surface area contributed by atoms with Crippen molar-refractivity contribution in [2.75, 3.05) is 5.32 Å². The van der Waals surface area contributed by atoms with Crippen LogP contribution < -0.4 is 5.32 Å². The number of anilines is 2. The number of aromatic nitrogens is 2. The Balaban J connectivity index is 1.33. The molecule has 0 saturated carbocycles. The third-order valence-corrected chi connectivity index (χ3v) is 6.14. The van der Waals surface area contributed by atoms with Gasteiger partial charge in [-0.05, 0) is 49.9 Å². The minimum absolute atomic E-state index is 0.149. The van der Waals surface area contributed by atoms with Crippen LogP contribution in [0.1, 0.15) is 39.3 Å². The molecule has 5 rings (SSSR count). The number of nitrogens with zero attached hydrogens (tertiary/aromatic N) is 2. The summed E-state index contributed by atoms with van der Waals surface area (Å²) in [6.45, 7) is 2.21. The molecule has 5 nitrogen and oxygen atoms in total. The molecule has 0 fully saturated rings. The third-order valence-electron chi connectivity index (χ3n) is 5.33. The van der Waals surface area contributed by atoms with E-state index in [1.54, 1.807) is 0 Å². The van der Waals surface area contributed by atoms with Gasteiger partial charge < -0.3 is 10.1 Å². The third kappa shape index (κ3) is 3.66. The van der Waals surface area contributed by atoms with Gasteiger partial charge in [0.05, 0.1) is 16.8 Å². The predicted molar refractivity (Wildman–Crippen MR) is 119 cm³/mol. The molecule has 1 N–H and O–H groups in total. The number of carbonyl (C=O) groups excluding carboxylic acids is 1. The topological polar surface area (TPSA) is 64.1 Å². The Bertz CT molecular complexity index is 1230. The molecule has 150 valence electrons. The number of pyridine rings is 1. The van der Waals surface area contributed by atoms with Crippen LogP contribution in [0.15, 0.2) is 53.9 Å². The van der Waals surface area contributed by atoms with Crippen LogP contribution in [0.3, 0.4) is 0 Å². The average molecular weight is 416 g/mol. The van der Waals surface area contributed by atoms with Crippen molar-refractivity contribution in [3.63, 3.8) is 0 Å². The quantitative estimate of drug-likeness (QED) is 0.431. The van der Waals surface area contributed by atoms with Crippen LogP contribution >= 0.6 is 11.3 Å². The lowest BCUT2D eigenvalue weighted by atomic mass is 10.0. The van der Waals surface area contributed by atoms with Gasteiger partial charge in [-0.15, -0.1) is 11.3 Å². The summed E-state index contributed by atoms with van der Waals surface area (Å²) in [6.07, 6.45) is 2.82. The molecular formula is C24H21N3O2S. The number of thiazole rings is 1. The predicted octanol–water partition coefficient (Wildman–Crippen LogP) is 5.59. The number of rotatable bonds is 5. The van der Waals surface area contributed by atoms with E-state index in [0.29, 0.717) is 5.56 Å². The first kappa shape index (κ1) is 18.8. The zero-order chi connectivity index (χ0) is 20.5. The minimum Gasteiger partial charge on any atom is -0.456 e. The largest absolute Gasteiger partial charge is 0.456 e. The maximum Gasteiger partial charge on any atom is 0.339 e. The van der Waals surface area contributed by atoms with E-state index in [1.807, 2.05) is 41.8 Å². The van der Waals surface area contributed by atoms with Crippen LogP contribution in [0, 0.1) is 6.92 Å². The normalized spacial score (nSPS) is 12.7. The summed E-state index contributed by atoms with van der Waals surface area (Å²) in [7, 11) is 0. The molecule has 2 heterocycles. The maximum atomic E-state index is 13.0. The standard InChI is InChI=1S/C24H21N3O2S/c1-15-9-11-16(12-10-15)25-24-26-17(14-30-24)13-29-23(28)22-18-5-2-3-7-20(18)27-21-8-4-6-19(21)22/h2-3,5,7,9-12,14H,4,6,8,13H2,1H3,(H,25,26). The summed E-state index contributed by atoms with van der Waals surface area (Å²) in [6, 6.07) is 15.9. The summed E-state index contributed by atoms with van der Waals surface area (Å²) in [4.78, 5) is 22.3. The molecule has 2 aromatic carbocycles. The monoisotopic (exact) mass is 415 g/mol. The van der Waals surface area contributed by atoms with E-state index < -0.39 is 0 Å². The summed E-state index contributed by atoms with van der Waals surface area (Å²) in [5, 5.41) is 6.85. The van der Waals surface area contributed by atoms with Gasteiger partial charge in [0.2, 0.25) is 0 Å². The number of para-hydroxylation sites is 1. The fourth-order valence-electron chi connectivity index (χ4n) is 3.85. The number of fused-ring (bicyclic) bond motifs is 2. The Hall–Kier alpha value is -3.25. The van der Waals surface area contributed by atoms with E-state index >= 15 is 0 Å². The van der Waals surface area contributed by atoms with E-state index in [0.717, 1.165) is 57.9 Å². The first-order valence-electron chi connectivity index (χ1n) is 10.0. The number of aryl methyl sites for hydroxylation is 2. The van der Waals surface area contributed by atoms with Gasteiger partial charge in [0.1, 0.15) is 6.61 Å². The molecular weight excluding hydrogens is 394 g/mol. The van der Waals surface area contributed by atoms with Crippen LogP contribution in [0.4, 0.5) is 10.8 Å². The van der Waals surface area contributed by atoms with E-state index in [4.69, 9.17) is 9.72 Å². The Morgan fingerprint density at radius 1 is 1.10 bits per heavy atom. The summed E-state index contributed by atoms with van der Waals surface area (Å²) in [5.74, 6) is -0.298. The number of esters is 1. The van der Waals surface area contributed by atoms with Crippen molar-refractivity contribution in [3.8, 4) is 0 Å². The van der Waals surface area contributed by atoms with Gasteiger partial charge in [-0.1, -0.05) is 35.9 Å². The Morgan fingerprint density at radius 2 is 1.93 bits per heavy atom. The smallest absolute Gasteiger partial charge is 0.339 e. The highest BCUT2D eigenvalue weighted by atomic mass is 32.1. The van der Waals surface area contributed by atoms with Crippen molar-refractivity contribution < 1.29 is 9.53 Å². The average Bonchev–Trinajstić information content (AvgIpc) is 3.41. The van der Waals surface area contributed by atoms with Crippen molar-refractivity contribution in [1.82, 2.24) is 9.97 Å². The van der Waals surface area contributed by atoms with Crippen molar-refractivity contribution in [2.45, 2.75) is 32.8 Å². The lowest BCUT2D eigenvalue weighted by molar-refractivity contribution is 0.0469. The van der Waals surface area contributed by atoms with Gasteiger partial charge in [0, 0.05) is 22.1 Å². The lowest BCUT2D eigenvalue weighted by Gasteiger charge is -2.11. The number of nitrogens with one attached hydrogen (secondary N) is 1. The Kier molecular flexibility index (Phi) is 4.93. The molecule has 2 aromatic heterocycles. The number of carbonyl (C=O) groups is 1. The zero-order valence-electron chi connectivity index (χ0n) is 16.6. The molecule has 0 atom stereocenters. The van der Waals surface area contributed by atoms with Crippen LogP contribution in [0.2, 0.25) is 0 Å². The Labute approximate surface area is 178 Å². The highest BCUT2D eigenvalue weighted by Gasteiger charge is 2.24. The van der Waals surface area contributed by atoms with Crippen LogP contribution in [-0.4, -0.2) is 15.9 Å². The molecule has 4 aromatic rings. The molecule has 0 unspecified atom stereocenters. The molecule has 0 radical (unpaired) electrons. The zero-order valence-corrected chi connectivity index (χ0v) is 17.5. The fourth-order valence-corrected chi connectivity index (χ4v) is 4.56. The molecule has 0 aliphatic heterocycles.